The van der Waals surface area contributed by atoms with Crippen LogP contribution in [0.1, 0.15) is 23.0 Å². The predicted octanol–water partition coefficient (Wildman–Crippen LogP) is 1.95. The third-order valence-electron chi connectivity index (χ3n) is 4.28. The van der Waals surface area contributed by atoms with E-state index in [0.717, 1.165) is 17.0 Å². The average Bonchev–Trinajstić information content (AvgIpc) is 3.05. The number of Topliss-reactive ketones (excluding diaryl/α,β-unsaturated/α-hetero) is 1. The second-order valence-corrected chi connectivity index (χ2v) is 6.00. The van der Waals surface area contributed by atoms with Crippen molar-refractivity contribution < 1.29 is 23.2 Å². The minimum atomic E-state index is -1.71. The van der Waals surface area contributed by atoms with Crippen LogP contribution in [0, 0.1) is 11.6 Å². The van der Waals surface area contributed by atoms with Crippen molar-refractivity contribution in [2.24, 2.45) is 7.05 Å². The van der Waals surface area contributed by atoms with Crippen LogP contribution in [-0.2, 0) is 17.4 Å². The van der Waals surface area contributed by atoms with Crippen LogP contribution in [0.2, 0.25) is 0 Å². The lowest BCUT2D eigenvalue weighted by atomic mass is 9.91. The number of halogens is 2. The summed E-state index contributed by atoms with van der Waals surface area (Å²) in [4.78, 5) is 37.9. The second-order valence-electron chi connectivity index (χ2n) is 6.00. The number of imide groups is 1. The summed E-state index contributed by atoms with van der Waals surface area (Å²) in [6, 6.07) is 5.17. The van der Waals surface area contributed by atoms with Gasteiger partial charge in [-0.2, -0.15) is 0 Å². The molecule has 25 heavy (non-hydrogen) atoms. The molecule has 0 aliphatic carbocycles. The lowest BCUT2D eigenvalue weighted by Crippen LogP contribution is -2.42. The highest BCUT2D eigenvalue weighted by molar-refractivity contribution is 6.11. The molecule has 130 valence electrons. The first kappa shape index (κ1) is 16.8. The molecule has 1 atom stereocenters. The number of nitrogens with zero attached hydrogens (tertiary/aromatic N) is 2. The topological polar surface area (TPSA) is 71.4 Å². The third-order valence-corrected chi connectivity index (χ3v) is 4.28. The first-order valence-corrected chi connectivity index (χ1v) is 7.48. The zero-order valence-electron chi connectivity index (χ0n) is 13.5. The Labute approximate surface area is 142 Å². The highest BCUT2D eigenvalue weighted by Crippen LogP contribution is 2.31. The monoisotopic (exact) mass is 347 g/mol. The van der Waals surface area contributed by atoms with Crippen molar-refractivity contribution in [3.63, 3.8) is 0 Å². The van der Waals surface area contributed by atoms with E-state index in [0.29, 0.717) is 11.8 Å². The molecule has 1 aromatic heterocycles. The Kier molecular flexibility index (Phi) is 3.90. The Morgan fingerprint density at radius 2 is 1.96 bits per heavy atom. The molecule has 0 radical (unpaired) electrons. The Hall–Kier alpha value is -3.03. The number of carbonyl (C=O) groups excluding carboxylic acids is 3. The fourth-order valence-corrected chi connectivity index (χ4v) is 2.89. The van der Waals surface area contributed by atoms with E-state index in [4.69, 9.17) is 0 Å². The van der Waals surface area contributed by atoms with Crippen LogP contribution in [0.25, 0.3) is 0 Å². The number of rotatable bonds is 4. The Bertz CT molecular complexity index is 893. The van der Waals surface area contributed by atoms with E-state index in [-0.39, 0.29) is 5.56 Å². The number of hydrogen-bond donors (Lipinski definition) is 1. The maximum atomic E-state index is 14.1. The van der Waals surface area contributed by atoms with Crippen molar-refractivity contribution in [2.75, 3.05) is 6.54 Å². The first-order valence-electron chi connectivity index (χ1n) is 7.48. The molecule has 1 fully saturated rings. The highest BCUT2D eigenvalue weighted by atomic mass is 19.1. The van der Waals surface area contributed by atoms with Crippen LogP contribution in [0.4, 0.5) is 13.6 Å². The lowest BCUT2D eigenvalue weighted by molar-refractivity contribution is -0.130. The number of benzene rings is 1. The molecule has 1 aliphatic rings. The fraction of sp³-hybridized carbons (Fsp3) is 0.235. The van der Waals surface area contributed by atoms with Gasteiger partial charge in [0.1, 0.15) is 17.2 Å². The van der Waals surface area contributed by atoms with Gasteiger partial charge in [-0.3, -0.25) is 14.5 Å². The Morgan fingerprint density at radius 1 is 1.24 bits per heavy atom. The van der Waals surface area contributed by atoms with Crippen LogP contribution in [-0.4, -0.2) is 33.7 Å². The molecule has 1 saturated heterocycles. The molecule has 8 heteroatoms. The summed E-state index contributed by atoms with van der Waals surface area (Å²) in [5.74, 6) is -2.95. The largest absolute Gasteiger partial charge is 0.348 e. The smallest absolute Gasteiger partial charge is 0.325 e. The number of amides is 3. The molecule has 2 aromatic rings. The van der Waals surface area contributed by atoms with E-state index in [1.54, 1.807) is 29.9 Å². The van der Waals surface area contributed by atoms with Gasteiger partial charge in [-0.15, -0.1) is 0 Å². The molecule has 2 heterocycles. The lowest BCUT2D eigenvalue weighted by Gasteiger charge is -2.22. The van der Waals surface area contributed by atoms with E-state index >= 15 is 0 Å². The summed E-state index contributed by atoms with van der Waals surface area (Å²) < 4.78 is 28.8. The first-order chi connectivity index (χ1) is 11.7. The summed E-state index contributed by atoms with van der Waals surface area (Å²) >= 11 is 0. The highest BCUT2D eigenvalue weighted by Gasteiger charge is 2.50. The molecule has 0 unspecified atom stereocenters. The molecule has 1 aromatic carbocycles. The van der Waals surface area contributed by atoms with Crippen LogP contribution in [0.5, 0.6) is 0 Å². The number of aromatic nitrogens is 1. The van der Waals surface area contributed by atoms with Gasteiger partial charge in [-0.25, -0.2) is 13.6 Å². The molecule has 1 aliphatic heterocycles. The van der Waals surface area contributed by atoms with Crippen molar-refractivity contribution in [2.45, 2.75) is 12.5 Å². The van der Waals surface area contributed by atoms with Gasteiger partial charge >= 0.3 is 6.03 Å². The molecule has 1 N–H and O–H groups in total. The molecule has 0 saturated carbocycles. The summed E-state index contributed by atoms with van der Waals surface area (Å²) in [5, 5.41) is 2.39. The maximum Gasteiger partial charge on any atom is 0.325 e. The van der Waals surface area contributed by atoms with E-state index in [2.05, 4.69) is 5.32 Å². The molecule has 6 nitrogen and oxygen atoms in total. The fourth-order valence-electron chi connectivity index (χ4n) is 2.89. The van der Waals surface area contributed by atoms with E-state index in [1.165, 1.54) is 6.92 Å². The quantitative estimate of drug-likeness (QED) is 0.679. The normalized spacial score (nSPS) is 20.1. The molecule has 0 spiro atoms. The van der Waals surface area contributed by atoms with E-state index in [1.807, 2.05) is 0 Å². The van der Waals surface area contributed by atoms with Gasteiger partial charge in [0.05, 0.1) is 12.2 Å². The van der Waals surface area contributed by atoms with Gasteiger partial charge in [0.25, 0.3) is 5.91 Å². The average molecular weight is 347 g/mol. The predicted molar refractivity (Wildman–Crippen MR) is 83.7 cm³/mol. The van der Waals surface area contributed by atoms with Gasteiger partial charge in [0.15, 0.2) is 5.78 Å². The van der Waals surface area contributed by atoms with Gasteiger partial charge in [-0.05, 0) is 25.1 Å². The number of nitrogens with one attached hydrogen (secondary N) is 1. The van der Waals surface area contributed by atoms with Crippen LogP contribution in [0.15, 0.2) is 36.5 Å². The zero-order valence-corrected chi connectivity index (χ0v) is 13.5. The zero-order chi connectivity index (χ0) is 18.4. The van der Waals surface area contributed by atoms with Gasteiger partial charge in [-0.1, -0.05) is 6.07 Å². The summed E-state index contributed by atoms with van der Waals surface area (Å²) in [6.45, 7) is 0.845. The maximum absolute atomic E-state index is 14.1. The number of aryl methyl sites for hydroxylation is 1. The van der Waals surface area contributed by atoms with Crippen LogP contribution < -0.4 is 5.32 Å². The molecular weight excluding hydrogens is 332 g/mol. The Morgan fingerprint density at radius 3 is 2.56 bits per heavy atom. The van der Waals surface area contributed by atoms with Gasteiger partial charge < -0.3 is 9.88 Å². The van der Waals surface area contributed by atoms with Crippen molar-refractivity contribution in [1.82, 2.24) is 14.8 Å². The van der Waals surface area contributed by atoms with Crippen LogP contribution in [0.3, 0.4) is 0 Å². The second kappa shape index (κ2) is 5.80. The van der Waals surface area contributed by atoms with Crippen molar-refractivity contribution in [3.8, 4) is 0 Å². The Balaban J connectivity index is 1.89. The minimum absolute atomic E-state index is 0.166. The summed E-state index contributed by atoms with van der Waals surface area (Å²) in [7, 11) is 1.66. The summed E-state index contributed by atoms with van der Waals surface area (Å²) in [5.41, 5.74) is -1.54. The molecule has 0 bridgehead atoms. The van der Waals surface area contributed by atoms with Gasteiger partial charge in [0.2, 0.25) is 0 Å². The number of carbonyl (C=O) groups is 3. The van der Waals surface area contributed by atoms with E-state index < -0.39 is 41.4 Å². The van der Waals surface area contributed by atoms with Crippen molar-refractivity contribution in [1.29, 1.82) is 0 Å². The molecule has 3 amide bonds. The van der Waals surface area contributed by atoms with Crippen LogP contribution >= 0.6 is 0 Å². The van der Waals surface area contributed by atoms with Crippen molar-refractivity contribution in [3.05, 3.63) is 59.4 Å². The number of urea groups is 1. The minimum Gasteiger partial charge on any atom is -0.348 e. The van der Waals surface area contributed by atoms with Crippen molar-refractivity contribution >= 4 is 17.7 Å². The van der Waals surface area contributed by atoms with E-state index in [9.17, 15) is 23.2 Å². The van der Waals surface area contributed by atoms with Gasteiger partial charge in [0, 0.05) is 24.9 Å². The standard InChI is InChI=1S/C17H15F2N3O3/c1-17(11-6-5-10(18)8-12(11)19)15(24)22(16(25)20-17)9-14(23)13-4-3-7-21(13)2/h3-8H,9H2,1-2H3,(H,20,25)/t17-/m0/s1. The number of ketones is 1. The molecule has 3 rings (SSSR count). The number of hydrogen-bond acceptors (Lipinski definition) is 3. The third kappa shape index (κ3) is 2.69. The molecular formula is C17H15F2N3O3. The summed E-state index contributed by atoms with van der Waals surface area (Å²) in [6.07, 6.45) is 1.66. The SMILES string of the molecule is Cn1cccc1C(=O)CN1C(=O)N[C@@](C)(c2ccc(F)cc2F)C1=O.